The van der Waals surface area contributed by atoms with Gasteiger partial charge in [0.25, 0.3) is 0 Å². The number of pyridine rings is 1. The van der Waals surface area contributed by atoms with Gasteiger partial charge in [0.05, 0.1) is 18.7 Å². The van der Waals surface area contributed by atoms with Crippen LogP contribution in [-0.2, 0) is 14.2 Å². The number of anilines is 1. The van der Waals surface area contributed by atoms with Crippen LogP contribution < -0.4 is 4.90 Å². The van der Waals surface area contributed by atoms with Gasteiger partial charge in [-0.1, -0.05) is 75.6 Å². The number of hydrogen-bond acceptors (Lipinski definition) is 8. The summed E-state index contributed by atoms with van der Waals surface area (Å²) in [5.74, 6) is 0.868. The molecule has 0 saturated carbocycles. The fourth-order valence-corrected chi connectivity index (χ4v) is 8.50. The van der Waals surface area contributed by atoms with Gasteiger partial charge in [-0.3, -0.25) is 4.98 Å². The third kappa shape index (κ3) is 10.1. The molecule has 2 unspecified atom stereocenters. The first kappa shape index (κ1) is 32.8. The molecule has 1 aromatic carbocycles. The maximum atomic E-state index is 13.4. The summed E-state index contributed by atoms with van der Waals surface area (Å²) in [6, 6.07) is 5.92. The molecule has 0 spiro atoms. The van der Waals surface area contributed by atoms with Gasteiger partial charge in [0, 0.05) is 82.0 Å². The first-order valence-electron chi connectivity index (χ1n) is 21.5. The van der Waals surface area contributed by atoms with Crippen molar-refractivity contribution in [2.45, 2.75) is 121 Å². The Kier molecular flexibility index (Phi) is 9.92. The number of carbonyl (C=O) groups is 1. The van der Waals surface area contributed by atoms with Crippen LogP contribution in [0.2, 0.25) is 51.4 Å². The maximum Gasteiger partial charge on any atom is 0.410 e. The first-order valence-corrected chi connectivity index (χ1v) is 26.4. The fourth-order valence-electron chi connectivity index (χ4n) is 6.99. The Balaban J connectivity index is 1.40. The van der Waals surface area contributed by atoms with E-state index in [1.165, 1.54) is 0 Å². The second-order valence-electron chi connectivity index (χ2n) is 17.9. The second-order valence-corrected chi connectivity index (χ2v) is 29.2. The predicted molar refractivity (Wildman–Crippen MR) is 219 cm³/mol. The molecule has 2 saturated heterocycles. The van der Waals surface area contributed by atoms with Crippen LogP contribution in [-0.4, -0.2) is 91.1 Å². The lowest BCUT2D eigenvalue weighted by Gasteiger charge is -2.39. The standard InChI is InChI=1S/C41H60N6O4Si2/c1-41(2,3)51-40(48)46-33-16-17-34(46)24-32(23-33)37-25-38(45(28-49-19-21-52(4,5)6)29-50-20-22-53(7,8)9)47-39(44-37)35(27-43-47)31-15-18-36(42-26-31)30-13-11-10-12-14-30/h10-15,18,25-27,32-34H,16-17,19-24,28-29H2,1-9H3/i10D,11D,12D,13D,14D. The molecule has 286 valence electrons. The van der Waals surface area contributed by atoms with Crippen molar-refractivity contribution in [2.24, 2.45) is 0 Å². The summed E-state index contributed by atoms with van der Waals surface area (Å²) in [4.78, 5) is 27.3. The second kappa shape index (κ2) is 16.0. The third-order valence-corrected chi connectivity index (χ3v) is 13.3. The molecule has 3 aromatic heterocycles. The van der Waals surface area contributed by atoms with E-state index < -0.39 is 39.9 Å². The summed E-state index contributed by atoms with van der Waals surface area (Å²) in [7, 11) is -2.67. The lowest BCUT2D eigenvalue weighted by Crippen LogP contribution is -2.48. The van der Waals surface area contributed by atoms with Crippen molar-refractivity contribution in [3.63, 3.8) is 0 Å². The minimum absolute atomic E-state index is 0.0476. The van der Waals surface area contributed by atoms with Crippen LogP contribution in [0.3, 0.4) is 0 Å². The molecule has 53 heavy (non-hydrogen) atoms. The molecule has 2 atom stereocenters. The average molecular weight is 762 g/mol. The summed E-state index contributed by atoms with van der Waals surface area (Å²) in [5.41, 5.74) is 2.72. The molecule has 0 N–H and O–H groups in total. The Bertz CT molecular complexity index is 2050. The Morgan fingerprint density at radius 3 is 2.08 bits per heavy atom. The highest BCUT2D eigenvalue weighted by molar-refractivity contribution is 6.76. The zero-order chi connectivity index (χ0) is 42.3. The van der Waals surface area contributed by atoms with Crippen molar-refractivity contribution >= 4 is 33.7 Å². The quantitative estimate of drug-likeness (QED) is 0.0713. The smallest absolute Gasteiger partial charge is 0.410 e. The van der Waals surface area contributed by atoms with Crippen molar-refractivity contribution in [3.8, 4) is 22.4 Å². The van der Waals surface area contributed by atoms with Gasteiger partial charge in [0.2, 0.25) is 0 Å². The highest BCUT2D eigenvalue weighted by Crippen LogP contribution is 2.44. The van der Waals surface area contributed by atoms with Crippen molar-refractivity contribution in [2.75, 3.05) is 31.6 Å². The molecule has 5 heterocycles. The van der Waals surface area contributed by atoms with Gasteiger partial charge in [-0.25, -0.2) is 9.78 Å². The Morgan fingerprint density at radius 2 is 1.53 bits per heavy atom. The van der Waals surface area contributed by atoms with E-state index in [0.29, 0.717) is 37.9 Å². The summed E-state index contributed by atoms with van der Waals surface area (Å²) >= 11 is 0. The number of amides is 1. The number of fused-ring (bicyclic) bond motifs is 3. The number of carbonyl (C=O) groups excluding carboxylic acids is 1. The summed E-state index contributed by atoms with van der Waals surface area (Å²) in [6.07, 6.45) is 6.50. The molecule has 0 aliphatic carbocycles. The predicted octanol–water partition coefficient (Wildman–Crippen LogP) is 9.53. The molecular weight excluding hydrogens is 697 g/mol. The minimum Gasteiger partial charge on any atom is -0.444 e. The van der Waals surface area contributed by atoms with E-state index >= 15 is 0 Å². The van der Waals surface area contributed by atoms with E-state index in [1.54, 1.807) is 18.5 Å². The lowest BCUT2D eigenvalue weighted by molar-refractivity contribution is 0.00569. The number of rotatable bonds is 14. The zero-order valence-electron chi connectivity index (χ0n) is 38.0. The van der Waals surface area contributed by atoms with E-state index in [4.69, 9.17) is 31.1 Å². The van der Waals surface area contributed by atoms with Crippen LogP contribution in [0.4, 0.5) is 10.6 Å². The van der Waals surface area contributed by atoms with Crippen molar-refractivity contribution in [1.29, 1.82) is 0 Å². The molecular formula is C41H60N6O4Si2. The van der Waals surface area contributed by atoms with E-state index in [-0.39, 0.29) is 47.4 Å². The van der Waals surface area contributed by atoms with Gasteiger partial charge < -0.3 is 24.0 Å². The summed E-state index contributed by atoms with van der Waals surface area (Å²) in [5, 5.41) is 4.88. The SMILES string of the molecule is [2H]c1c([2H])c([2H])c(-c2ccc(-c3cnn4c(N(COCC[Si](C)(C)C)COCC[Si](C)(C)C)cc(C5CC6CCC(C5)N6C(=O)OC(C)(C)C)nc34)cn2)c([2H])c1[2H]. The van der Waals surface area contributed by atoms with Gasteiger partial charge >= 0.3 is 6.09 Å². The van der Waals surface area contributed by atoms with Gasteiger partial charge in [-0.05, 0) is 64.6 Å². The number of piperidine rings is 1. The van der Waals surface area contributed by atoms with Crippen LogP contribution >= 0.6 is 0 Å². The van der Waals surface area contributed by atoms with Gasteiger partial charge in [0.1, 0.15) is 24.9 Å². The largest absolute Gasteiger partial charge is 0.444 e. The minimum atomic E-state index is -1.33. The molecule has 2 bridgehead atoms. The van der Waals surface area contributed by atoms with Gasteiger partial charge in [-0.15, -0.1) is 0 Å². The number of ether oxygens (including phenoxy) is 3. The molecule has 2 fully saturated rings. The van der Waals surface area contributed by atoms with Crippen molar-refractivity contribution in [1.82, 2.24) is 24.5 Å². The molecule has 6 rings (SSSR count). The molecule has 4 aromatic rings. The average Bonchev–Trinajstić information content (AvgIpc) is 3.68. The number of aromatic nitrogens is 4. The van der Waals surface area contributed by atoms with Crippen LogP contribution in [0, 0.1) is 0 Å². The summed E-state index contributed by atoms with van der Waals surface area (Å²) in [6.45, 7) is 21.6. The Hall–Kier alpha value is -3.59. The molecule has 0 radical (unpaired) electrons. The maximum absolute atomic E-state index is 13.4. The lowest BCUT2D eigenvalue weighted by atomic mass is 9.88. The van der Waals surface area contributed by atoms with E-state index in [1.807, 2.05) is 36.3 Å². The Morgan fingerprint density at radius 1 is 0.906 bits per heavy atom. The highest BCUT2D eigenvalue weighted by Gasteiger charge is 2.45. The van der Waals surface area contributed by atoms with Gasteiger partial charge in [0.15, 0.2) is 5.65 Å². The topological polar surface area (TPSA) is 94.3 Å². The zero-order valence-corrected chi connectivity index (χ0v) is 35.0. The molecule has 10 nitrogen and oxygen atoms in total. The van der Waals surface area contributed by atoms with Gasteiger partial charge in [-0.2, -0.15) is 9.61 Å². The van der Waals surface area contributed by atoms with Crippen LogP contribution in [0.15, 0.2) is 60.8 Å². The monoisotopic (exact) mass is 761 g/mol. The molecule has 1 amide bonds. The van der Waals surface area contributed by atoms with Crippen molar-refractivity contribution in [3.05, 3.63) is 66.5 Å². The molecule has 12 heteroatoms. The number of nitrogens with zero attached hydrogens (tertiary/aromatic N) is 6. The van der Waals surface area contributed by atoms with Crippen LogP contribution in [0.1, 0.15) is 64.9 Å². The molecule has 2 aliphatic rings. The number of hydrogen-bond donors (Lipinski definition) is 0. The number of benzene rings is 1. The van der Waals surface area contributed by atoms with Crippen LogP contribution in [0.25, 0.3) is 28.0 Å². The van der Waals surface area contributed by atoms with E-state index in [2.05, 4.69) is 55.2 Å². The Labute approximate surface area is 325 Å². The molecule has 2 aliphatic heterocycles. The normalized spacial score (nSPS) is 20.5. The van der Waals surface area contributed by atoms with E-state index in [0.717, 1.165) is 54.8 Å². The van der Waals surface area contributed by atoms with Crippen LogP contribution in [0.5, 0.6) is 0 Å². The van der Waals surface area contributed by atoms with E-state index in [9.17, 15) is 4.79 Å². The fraction of sp³-hybridized carbons (Fsp3) is 0.561. The highest BCUT2D eigenvalue weighted by atomic mass is 28.3. The third-order valence-electron chi connectivity index (χ3n) is 9.87. The van der Waals surface area contributed by atoms with Crippen molar-refractivity contribution < 1.29 is 25.9 Å². The first-order chi connectivity index (χ1) is 27.1. The summed E-state index contributed by atoms with van der Waals surface area (Å²) < 4.78 is 61.6.